The van der Waals surface area contributed by atoms with Crippen LogP contribution in [0.5, 0.6) is 5.75 Å². The Bertz CT molecular complexity index is 582. The summed E-state index contributed by atoms with van der Waals surface area (Å²) in [4.78, 5) is 15.7. The maximum Gasteiger partial charge on any atom is 0.257 e. The molecule has 0 atom stereocenters. The Hall–Kier alpha value is -1.78. The van der Waals surface area contributed by atoms with E-state index in [9.17, 15) is 9.90 Å². The van der Waals surface area contributed by atoms with E-state index in [2.05, 4.69) is 10.3 Å². The molecule has 0 saturated carbocycles. The van der Waals surface area contributed by atoms with Crippen molar-refractivity contribution >= 4 is 34.9 Å². The molecule has 0 unspecified atom stereocenters. The zero-order valence-corrected chi connectivity index (χ0v) is 10.5. The number of amides is 1. The Morgan fingerprint density at radius 3 is 2.50 bits per heavy atom. The average molecular weight is 283 g/mol. The number of rotatable bonds is 2. The Balaban J connectivity index is 2.25. The van der Waals surface area contributed by atoms with Crippen molar-refractivity contribution in [3.8, 4) is 5.75 Å². The Labute approximate surface area is 113 Å². The minimum absolute atomic E-state index is 0.0820. The van der Waals surface area contributed by atoms with Crippen LogP contribution in [0.1, 0.15) is 10.4 Å². The zero-order chi connectivity index (χ0) is 13.1. The van der Waals surface area contributed by atoms with E-state index in [1.54, 1.807) is 6.07 Å². The van der Waals surface area contributed by atoms with Gasteiger partial charge >= 0.3 is 0 Å². The smallest absolute Gasteiger partial charge is 0.257 e. The van der Waals surface area contributed by atoms with E-state index in [1.807, 2.05) is 0 Å². The molecule has 0 aliphatic rings. The molecular formula is C12H8Cl2N2O2. The topological polar surface area (TPSA) is 62.2 Å². The Morgan fingerprint density at radius 1 is 1.22 bits per heavy atom. The van der Waals surface area contributed by atoms with Crippen LogP contribution >= 0.6 is 23.2 Å². The van der Waals surface area contributed by atoms with Crippen LogP contribution in [0.15, 0.2) is 36.5 Å². The van der Waals surface area contributed by atoms with Crippen molar-refractivity contribution in [3.63, 3.8) is 0 Å². The maximum absolute atomic E-state index is 11.9. The highest BCUT2D eigenvalue weighted by atomic mass is 35.5. The molecule has 6 heteroatoms. The molecule has 1 aromatic heterocycles. The number of pyridine rings is 1. The number of nitrogens with zero attached hydrogens (tertiary/aromatic N) is 1. The first-order chi connectivity index (χ1) is 8.56. The summed E-state index contributed by atoms with van der Waals surface area (Å²) >= 11 is 11.6. The van der Waals surface area contributed by atoms with Gasteiger partial charge in [0.2, 0.25) is 0 Å². The van der Waals surface area contributed by atoms with Crippen LogP contribution in [0, 0.1) is 0 Å². The molecule has 1 amide bonds. The van der Waals surface area contributed by atoms with Crippen LogP contribution in [0.25, 0.3) is 0 Å². The van der Waals surface area contributed by atoms with E-state index >= 15 is 0 Å². The van der Waals surface area contributed by atoms with E-state index in [0.717, 1.165) is 0 Å². The lowest BCUT2D eigenvalue weighted by atomic mass is 10.2. The van der Waals surface area contributed by atoms with Crippen molar-refractivity contribution in [2.24, 2.45) is 0 Å². The summed E-state index contributed by atoms with van der Waals surface area (Å²) in [6, 6.07) is 7.46. The van der Waals surface area contributed by atoms with Gasteiger partial charge in [0.05, 0.1) is 0 Å². The van der Waals surface area contributed by atoms with Crippen molar-refractivity contribution < 1.29 is 9.90 Å². The summed E-state index contributed by atoms with van der Waals surface area (Å²) in [5.74, 6) is -0.481. The molecule has 0 spiro atoms. The molecule has 92 valence electrons. The molecule has 18 heavy (non-hydrogen) atoms. The predicted molar refractivity (Wildman–Crippen MR) is 70.3 cm³/mol. The summed E-state index contributed by atoms with van der Waals surface area (Å²) < 4.78 is 0. The monoisotopic (exact) mass is 282 g/mol. The number of halogens is 2. The van der Waals surface area contributed by atoms with Gasteiger partial charge in [-0.1, -0.05) is 23.2 Å². The average Bonchev–Trinajstić information content (AvgIpc) is 2.31. The van der Waals surface area contributed by atoms with Crippen molar-refractivity contribution in [1.82, 2.24) is 4.98 Å². The highest BCUT2D eigenvalue weighted by Crippen LogP contribution is 2.22. The number of benzene rings is 1. The van der Waals surface area contributed by atoms with Gasteiger partial charge in [-0.3, -0.25) is 4.79 Å². The normalized spacial score (nSPS) is 10.1. The fourth-order valence-corrected chi connectivity index (χ4v) is 1.88. The maximum atomic E-state index is 11.9. The predicted octanol–water partition coefficient (Wildman–Crippen LogP) is 3.35. The number of aromatic hydroxyl groups is 1. The molecule has 0 fully saturated rings. The van der Waals surface area contributed by atoms with Crippen LogP contribution in [0.2, 0.25) is 10.0 Å². The second kappa shape index (κ2) is 5.25. The lowest BCUT2D eigenvalue weighted by Gasteiger charge is -2.06. The van der Waals surface area contributed by atoms with Crippen molar-refractivity contribution in [1.29, 1.82) is 0 Å². The lowest BCUT2D eigenvalue weighted by Crippen LogP contribution is -2.13. The quantitative estimate of drug-likeness (QED) is 0.888. The SMILES string of the molecule is O=C(Nc1ncccc1O)c1cc(Cl)cc(Cl)c1. The number of carbonyl (C=O) groups is 1. The van der Waals surface area contributed by atoms with Crippen molar-refractivity contribution in [2.75, 3.05) is 5.32 Å². The van der Waals surface area contributed by atoms with E-state index in [0.29, 0.717) is 10.0 Å². The van der Waals surface area contributed by atoms with Gasteiger partial charge in [-0.25, -0.2) is 4.98 Å². The Morgan fingerprint density at radius 2 is 1.89 bits per heavy atom. The van der Waals surface area contributed by atoms with Crippen molar-refractivity contribution in [2.45, 2.75) is 0 Å². The van der Waals surface area contributed by atoms with Gasteiger partial charge in [-0.05, 0) is 30.3 Å². The standard InChI is InChI=1S/C12H8Cl2N2O2/c13-8-4-7(5-9(14)6-8)12(18)16-11-10(17)2-1-3-15-11/h1-6,17H,(H,15,16,18). The second-order valence-corrected chi connectivity index (χ2v) is 4.36. The molecular weight excluding hydrogens is 275 g/mol. The summed E-state index contributed by atoms with van der Waals surface area (Å²) in [7, 11) is 0. The summed E-state index contributed by atoms with van der Waals surface area (Å²) in [6.45, 7) is 0. The van der Waals surface area contributed by atoms with Gasteiger partial charge in [0.1, 0.15) is 0 Å². The third kappa shape index (κ3) is 2.91. The number of nitrogens with one attached hydrogen (secondary N) is 1. The van der Waals surface area contributed by atoms with E-state index in [-0.39, 0.29) is 17.1 Å². The molecule has 0 aliphatic carbocycles. The van der Waals surface area contributed by atoms with Gasteiger partial charge in [0.25, 0.3) is 5.91 Å². The van der Waals surface area contributed by atoms with E-state index in [4.69, 9.17) is 23.2 Å². The number of anilines is 1. The van der Waals surface area contributed by atoms with Gasteiger partial charge in [-0.15, -0.1) is 0 Å². The van der Waals surface area contributed by atoms with Gasteiger partial charge in [-0.2, -0.15) is 0 Å². The summed E-state index contributed by atoms with van der Waals surface area (Å²) in [6.07, 6.45) is 1.46. The Kier molecular flexibility index (Phi) is 3.69. The van der Waals surface area contributed by atoms with E-state index in [1.165, 1.54) is 30.5 Å². The fraction of sp³-hybridized carbons (Fsp3) is 0. The minimum Gasteiger partial charge on any atom is -0.504 e. The van der Waals surface area contributed by atoms with Crippen LogP contribution < -0.4 is 5.32 Å². The minimum atomic E-state index is -0.451. The number of hydrogen-bond donors (Lipinski definition) is 2. The third-order valence-corrected chi connectivity index (χ3v) is 2.58. The molecule has 0 bridgehead atoms. The highest BCUT2D eigenvalue weighted by molar-refractivity contribution is 6.35. The van der Waals surface area contributed by atoms with Gasteiger partial charge in [0.15, 0.2) is 11.6 Å². The number of carbonyl (C=O) groups excluding carboxylic acids is 1. The number of aromatic nitrogens is 1. The molecule has 2 aromatic rings. The van der Waals surface area contributed by atoms with Crippen LogP contribution in [0.3, 0.4) is 0 Å². The molecule has 1 heterocycles. The molecule has 4 nitrogen and oxygen atoms in total. The molecule has 2 N–H and O–H groups in total. The summed E-state index contributed by atoms with van der Waals surface area (Å²) in [5, 5.41) is 12.7. The fourth-order valence-electron chi connectivity index (χ4n) is 1.36. The second-order valence-electron chi connectivity index (χ2n) is 3.48. The highest BCUT2D eigenvalue weighted by Gasteiger charge is 2.11. The van der Waals surface area contributed by atoms with E-state index < -0.39 is 5.91 Å². The lowest BCUT2D eigenvalue weighted by molar-refractivity contribution is 0.102. The van der Waals surface area contributed by atoms with Crippen LogP contribution in [0.4, 0.5) is 5.82 Å². The molecule has 2 rings (SSSR count). The zero-order valence-electron chi connectivity index (χ0n) is 9.02. The first-order valence-electron chi connectivity index (χ1n) is 4.97. The van der Waals surface area contributed by atoms with Gasteiger partial charge in [0, 0.05) is 21.8 Å². The van der Waals surface area contributed by atoms with Crippen LogP contribution in [-0.4, -0.2) is 16.0 Å². The summed E-state index contributed by atoms with van der Waals surface area (Å²) in [5.41, 5.74) is 0.289. The van der Waals surface area contributed by atoms with Crippen molar-refractivity contribution in [3.05, 3.63) is 52.1 Å². The molecule has 1 aromatic carbocycles. The first kappa shape index (κ1) is 12.7. The third-order valence-electron chi connectivity index (χ3n) is 2.14. The molecule has 0 aliphatic heterocycles. The number of hydrogen-bond acceptors (Lipinski definition) is 3. The molecule has 0 radical (unpaired) electrons. The van der Waals surface area contributed by atoms with Gasteiger partial charge < -0.3 is 10.4 Å². The molecule has 0 saturated heterocycles. The first-order valence-corrected chi connectivity index (χ1v) is 5.73. The largest absolute Gasteiger partial charge is 0.504 e. The van der Waals surface area contributed by atoms with Crippen LogP contribution in [-0.2, 0) is 0 Å².